The van der Waals surface area contributed by atoms with E-state index < -0.39 is 15.9 Å². The van der Waals surface area contributed by atoms with Gasteiger partial charge in [-0.15, -0.1) is 0 Å². The van der Waals surface area contributed by atoms with Crippen molar-refractivity contribution in [2.24, 2.45) is 0 Å². The largest absolute Gasteiger partial charge is 0.495 e. The van der Waals surface area contributed by atoms with Gasteiger partial charge in [-0.25, -0.2) is 13.1 Å². The molecule has 0 aliphatic heterocycles. The minimum atomic E-state index is -3.66. The van der Waals surface area contributed by atoms with Gasteiger partial charge < -0.3 is 19.5 Å². The van der Waals surface area contributed by atoms with E-state index in [0.29, 0.717) is 34.4 Å². The lowest BCUT2D eigenvalue weighted by Crippen LogP contribution is -2.26. The number of nitrogens with one attached hydrogen (secondary N) is 2. The molecule has 3 rings (SSSR count). The van der Waals surface area contributed by atoms with E-state index in [9.17, 15) is 13.2 Å². The molecule has 0 aliphatic rings. The highest BCUT2D eigenvalue weighted by molar-refractivity contribution is 7.89. The molecular weight excluding hydrogens is 480 g/mol. The van der Waals surface area contributed by atoms with Crippen LogP contribution in [-0.2, 0) is 21.2 Å². The normalized spacial score (nSPS) is 11.0. The first-order valence-corrected chi connectivity index (χ1v) is 12.2. The zero-order valence-corrected chi connectivity index (χ0v) is 20.3. The number of carbonyl (C=O) groups is 1. The van der Waals surface area contributed by atoms with E-state index in [4.69, 9.17) is 25.8 Å². The standard InChI is InChI=1S/C24H25ClN2O6S/c1-31-22-15-21(23(32-2)14-20(22)25)27-24(28)16-33-18-8-10-19(11-9-18)34(29,30)26-13-12-17-6-4-3-5-7-17/h3-11,14-15,26H,12-13,16H2,1-2H3,(H,27,28). The summed E-state index contributed by atoms with van der Waals surface area (Å²) >= 11 is 6.07. The Kier molecular flexibility index (Phi) is 8.75. The fraction of sp³-hybridized carbons (Fsp3) is 0.208. The lowest BCUT2D eigenvalue weighted by atomic mass is 10.2. The second-order valence-electron chi connectivity index (χ2n) is 7.13. The van der Waals surface area contributed by atoms with Crippen molar-refractivity contribution in [3.8, 4) is 17.2 Å². The molecule has 34 heavy (non-hydrogen) atoms. The van der Waals surface area contributed by atoms with Crippen molar-refractivity contribution >= 4 is 33.2 Å². The molecule has 10 heteroatoms. The van der Waals surface area contributed by atoms with E-state index >= 15 is 0 Å². The van der Waals surface area contributed by atoms with Crippen LogP contribution in [0.1, 0.15) is 5.56 Å². The average Bonchev–Trinajstić information content (AvgIpc) is 2.84. The van der Waals surface area contributed by atoms with Crippen LogP contribution in [0.5, 0.6) is 17.2 Å². The first-order valence-electron chi connectivity index (χ1n) is 10.3. The van der Waals surface area contributed by atoms with Gasteiger partial charge in [0.25, 0.3) is 5.91 Å². The van der Waals surface area contributed by atoms with Gasteiger partial charge in [0.15, 0.2) is 6.61 Å². The van der Waals surface area contributed by atoms with Crippen LogP contribution in [0.2, 0.25) is 5.02 Å². The molecule has 0 radical (unpaired) electrons. The van der Waals surface area contributed by atoms with Gasteiger partial charge in [-0.05, 0) is 36.2 Å². The molecule has 0 aliphatic carbocycles. The minimum absolute atomic E-state index is 0.107. The highest BCUT2D eigenvalue weighted by Crippen LogP contribution is 2.35. The molecule has 8 nitrogen and oxygen atoms in total. The number of amides is 1. The molecule has 2 N–H and O–H groups in total. The highest BCUT2D eigenvalue weighted by Gasteiger charge is 2.15. The predicted molar refractivity (Wildman–Crippen MR) is 130 cm³/mol. The van der Waals surface area contributed by atoms with Crippen LogP contribution in [-0.4, -0.2) is 41.7 Å². The van der Waals surface area contributed by atoms with Crippen molar-refractivity contribution in [1.82, 2.24) is 4.72 Å². The van der Waals surface area contributed by atoms with E-state index in [-0.39, 0.29) is 18.0 Å². The Labute approximate surface area is 203 Å². The summed E-state index contributed by atoms with van der Waals surface area (Å²) in [6.07, 6.45) is 0.584. The number of anilines is 1. The summed E-state index contributed by atoms with van der Waals surface area (Å²) in [6.45, 7) is -0.0146. The van der Waals surface area contributed by atoms with Crippen LogP contribution in [0, 0.1) is 0 Å². The molecule has 0 saturated heterocycles. The summed E-state index contributed by atoms with van der Waals surface area (Å²) in [5.41, 5.74) is 1.42. The number of carbonyl (C=O) groups excluding carboxylic acids is 1. The van der Waals surface area contributed by atoms with Gasteiger partial charge in [0.1, 0.15) is 17.2 Å². The third-order valence-electron chi connectivity index (χ3n) is 4.80. The molecule has 180 valence electrons. The van der Waals surface area contributed by atoms with E-state index in [1.165, 1.54) is 44.6 Å². The maximum atomic E-state index is 12.5. The van der Waals surface area contributed by atoms with Crippen molar-refractivity contribution in [2.45, 2.75) is 11.3 Å². The fourth-order valence-corrected chi connectivity index (χ4v) is 4.33. The van der Waals surface area contributed by atoms with Crippen LogP contribution in [0.4, 0.5) is 5.69 Å². The van der Waals surface area contributed by atoms with Gasteiger partial charge in [0, 0.05) is 18.7 Å². The number of halogens is 1. The summed E-state index contributed by atoms with van der Waals surface area (Å²) in [4.78, 5) is 12.4. The average molecular weight is 505 g/mol. The molecule has 0 bridgehead atoms. The first-order chi connectivity index (χ1) is 16.3. The summed E-state index contributed by atoms with van der Waals surface area (Å²) < 4.78 is 43.4. The number of hydrogen-bond acceptors (Lipinski definition) is 6. The summed E-state index contributed by atoms with van der Waals surface area (Å²) in [5, 5.41) is 3.02. The fourth-order valence-electron chi connectivity index (χ4n) is 3.07. The van der Waals surface area contributed by atoms with E-state index in [1.807, 2.05) is 30.3 Å². The Balaban J connectivity index is 1.54. The monoisotopic (exact) mass is 504 g/mol. The highest BCUT2D eigenvalue weighted by atomic mass is 35.5. The van der Waals surface area contributed by atoms with Gasteiger partial charge in [-0.3, -0.25) is 4.79 Å². The molecule has 0 heterocycles. The van der Waals surface area contributed by atoms with Gasteiger partial charge in [-0.1, -0.05) is 41.9 Å². The number of ether oxygens (including phenoxy) is 3. The molecule has 0 fully saturated rings. The third-order valence-corrected chi connectivity index (χ3v) is 6.57. The maximum absolute atomic E-state index is 12.5. The van der Waals surface area contributed by atoms with Crippen LogP contribution in [0.25, 0.3) is 0 Å². The molecule has 0 saturated carbocycles. The topological polar surface area (TPSA) is 103 Å². The second kappa shape index (κ2) is 11.7. The zero-order chi connectivity index (χ0) is 24.6. The van der Waals surface area contributed by atoms with Crippen LogP contribution < -0.4 is 24.2 Å². The number of sulfonamides is 1. The molecule has 3 aromatic rings. The number of methoxy groups -OCH3 is 2. The number of rotatable bonds is 11. The molecule has 3 aromatic carbocycles. The molecule has 0 atom stereocenters. The lowest BCUT2D eigenvalue weighted by molar-refractivity contribution is -0.118. The SMILES string of the molecule is COc1cc(NC(=O)COc2ccc(S(=O)(=O)NCCc3ccccc3)cc2)c(OC)cc1Cl. The Morgan fingerprint density at radius 1 is 0.941 bits per heavy atom. The van der Waals surface area contributed by atoms with Gasteiger partial charge in [-0.2, -0.15) is 0 Å². The van der Waals surface area contributed by atoms with E-state index in [2.05, 4.69) is 10.0 Å². The van der Waals surface area contributed by atoms with Gasteiger partial charge in [0.2, 0.25) is 10.0 Å². The Bertz CT molecular complexity index is 1220. The van der Waals surface area contributed by atoms with Crippen LogP contribution in [0.3, 0.4) is 0 Å². The first kappa shape index (κ1) is 25.4. The summed E-state index contributed by atoms with van der Waals surface area (Å²) in [6, 6.07) is 18.5. The minimum Gasteiger partial charge on any atom is -0.495 e. The van der Waals surface area contributed by atoms with Crippen LogP contribution >= 0.6 is 11.6 Å². The van der Waals surface area contributed by atoms with Gasteiger partial charge >= 0.3 is 0 Å². The predicted octanol–water partition coefficient (Wildman–Crippen LogP) is 3.90. The van der Waals surface area contributed by atoms with Crippen LogP contribution in [0.15, 0.2) is 71.6 Å². The van der Waals surface area contributed by atoms with Crippen molar-refractivity contribution in [3.05, 3.63) is 77.3 Å². The molecule has 0 spiro atoms. The number of benzene rings is 3. The quantitative estimate of drug-likeness (QED) is 0.410. The van der Waals surface area contributed by atoms with E-state index in [1.54, 1.807) is 6.07 Å². The third kappa shape index (κ3) is 6.86. The lowest BCUT2D eigenvalue weighted by Gasteiger charge is -2.13. The van der Waals surface area contributed by atoms with Crippen molar-refractivity contribution in [3.63, 3.8) is 0 Å². The Morgan fingerprint density at radius 3 is 2.26 bits per heavy atom. The molecule has 1 amide bonds. The van der Waals surface area contributed by atoms with Crippen molar-refractivity contribution in [1.29, 1.82) is 0 Å². The maximum Gasteiger partial charge on any atom is 0.262 e. The summed E-state index contributed by atoms with van der Waals surface area (Å²) in [7, 11) is -0.740. The Hall–Kier alpha value is -3.27. The zero-order valence-electron chi connectivity index (χ0n) is 18.7. The summed E-state index contributed by atoms with van der Waals surface area (Å²) in [5.74, 6) is 0.655. The number of hydrogen-bond donors (Lipinski definition) is 2. The smallest absolute Gasteiger partial charge is 0.262 e. The van der Waals surface area contributed by atoms with Crippen molar-refractivity contribution in [2.75, 3.05) is 32.7 Å². The van der Waals surface area contributed by atoms with Gasteiger partial charge in [0.05, 0.1) is 29.8 Å². The Morgan fingerprint density at radius 2 is 1.62 bits per heavy atom. The molecular formula is C24H25ClN2O6S. The molecule has 0 aromatic heterocycles. The van der Waals surface area contributed by atoms with E-state index in [0.717, 1.165) is 5.56 Å². The molecule has 0 unspecified atom stereocenters. The van der Waals surface area contributed by atoms with Crippen molar-refractivity contribution < 1.29 is 27.4 Å². The second-order valence-corrected chi connectivity index (χ2v) is 9.30.